The molecule has 0 spiro atoms. The van der Waals surface area contributed by atoms with Crippen LogP contribution in [0, 0.1) is 0 Å². The largest absolute Gasteiger partial charge is 0.351 e. The summed E-state index contributed by atoms with van der Waals surface area (Å²) in [6.45, 7) is 1.22. The van der Waals surface area contributed by atoms with E-state index in [0.717, 1.165) is 6.54 Å². The van der Waals surface area contributed by atoms with E-state index in [0.29, 0.717) is 11.5 Å². The fourth-order valence-corrected chi connectivity index (χ4v) is 2.14. The zero-order valence-corrected chi connectivity index (χ0v) is 11.0. The molecule has 2 heterocycles. The average Bonchev–Trinajstić information content (AvgIpc) is 2.77. The fourth-order valence-electron chi connectivity index (χ4n) is 1.47. The van der Waals surface area contributed by atoms with Crippen molar-refractivity contribution >= 4 is 22.2 Å². The minimum atomic E-state index is -0.380. The molecule has 0 unspecified atom stereocenters. The van der Waals surface area contributed by atoms with Gasteiger partial charge >= 0.3 is 0 Å². The highest BCUT2D eigenvalue weighted by molar-refractivity contribution is 7.15. The Morgan fingerprint density at radius 1 is 1.56 bits per heavy atom. The summed E-state index contributed by atoms with van der Waals surface area (Å²) in [7, 11) is 3.83. The Balaban J connectivity index is 2.17. The lowest BCUT2D eigenvalue weighted by Gasteiger charge is -2.09. The van der Waals surface area contributed by atoms with Crippen molar-refractivity contribution in [3.8, 4) is 0 Å². The minimum absolute atomic E-state index is 0.0738. The van der Waals surface area contributed by atoms with E-state index in [9.17, 15) is 9.59 Å². The van der Waals surface area contributed by atoms with Crippen LogP contribution in [-0.2, 0) is 0 Å². The van der Waals surface area contributed by atoms with Crippen molar-refractivity contribution in [1.29, 1.82) is 0 Å². The van der Waals surface area contributed by atoms with Crippen LogP contribution < -0.4 is 10.9 Å². The van der Waals surface area contributed by atoms with Gasteiger partial charge < -0.3 is 10.2 Å². The molecule has 0 saturated carbocycles. The van der Waals surface area contributed by atoms with Crippen molar-refractivity contribution in [3.05, 3.63) is 33.7 Å². The molecule has 7 heteroatoms. The minimum Gasteiger partial charge on any atom is -0.351 e. The van der Waals surface area contributed by atoms with Gasteiger partial charge in [-0.15, -0.1) is 11.3 Å². The maximum atomic E-state index is 12.0. The molecule has 2 rings (SSSR count). The quantitative estimate of drug-likeness (QED) is 0.849. The van der Waals surface area contributed by atoms with Gasteiger partial charge in [-0.05, 0) is 14.1 Å². The highest BCUT2D eigenvalue weighted by Crippen LogP contribution is 2.05. The number of carbonyl (C=O) groups excluding carboxylic acids is 1. The standard InChI is InChI=1S/C11H14N4O2S/c1-14(2)4-3-12-9(16)8-7-13-11-15(10(8)17)5-6-18-11/h5-7H,3-4H2,1-2H3,(H,12,16). The molecular weight excluding hydrogens is 252 g/mol. The van der Waals surface area contributed by atoms with Gasteiger partial charge in [0.15, 0.2) is 4.96 Å². The topological polar surface area (TPSA) is 66.7 Å². The monoisotopic (exact) mass is 266 g/mol. The van der Waals surface area contributed by atoms with Crippen LogP contribution in [0.3, 0.4) is 0 Å². The Labute approximate surface area is 108 Å². The smallest absolute Gasteiger partial charge is 0.271 e. The molecule has 0 aliphatic heterocycles. The van der Waals surface area contributed by atoms with Crippen molar-refractivity contribution in [2.45, 2.75) is 0 Å². The number of nitrogens with zero attached hydrogens (tertiary/aromatic N) is 3. The first kappa shape index (κ1) is 12.7. The SMILES string of the molecule is CN(C)CCNC(=O)c1cnc2sccn2c1=O. The van der Waals surface area contributed by atoms with Crippen LogP contribution in [0.15, 0.2) is 22.6 Å². The van der Waals surface area contributed by atoms with Gasteiger partial charge in [-0.3, -0.25) is 14.0 Å². The lowest BCUT2D eigenvalue weighted by Crippen LogP contribution is -2.35. The molecule has 6 nitrogen and oxygen atoms in total. The van der Waals surface area contributed by atoms with Crippen LogP contribution >= 0.6 is 11.3 Å². The normalized spacial score (nSPS) is 11.1. The third-order valence-corrected chi connectivity index (χ3v) is 3.20. The number of amides is 1. The summed E-state index contributed by atoms with van der Waals surface area (Å²) in [5.74, 6) is -0.380. The number of likely N-dealkylation sites (N-methyl/N-ethyl adjacent to an activating group) is 1. The Morgan fingerprint density at radius 2 is 2.33 bits per heavy atom. The van der Waals surface area contributed by atoms with Gasteiger partial charge in [0.2, 0.25) is 0 Å². The number of fused-ring (bicyclic) bond motifs is 1. The number of thiazole rings is 1. The summed E-state index contributed by atoms with van der Waals surface area (Å²) in [6.07, 6.45) is 2.95. The molecule has 0 atom stereocenters. The van der Waals surface area contributed by atoms with Crippen molar-refractivity contribution in [2.75, 3.05) is 27.2 Å². The van der Waals surface area contributed by atoms with E-state index in [1.54, 1.807) is 11.6 Å². The lowest BCUT2D eigenvalue weighted by molar-refractivity contribution is 0.0949. The average molecular weight is 266 g/mol. The molecule has 0 aliphatic carbocycles. The third kappa shape index (κ3) is 2.57. The molecule has 1 amide bonds. The molecule has 0 aliphatic rings. The van der Waals surface area contributed by atoms with Crippen molar-refractivity contribution in [3.63, 3.8) is 0 Å². The number of hydrogen-bond donors (Lipinski definition) is 1. The van der Waals surface area contributed by atoms with Gasteiger partial charge in [-0.2, -0.15) is 0 Å². The van der Waals surface area contributed by atoms with E-state index >= 15 is 0 Å². The summed E-state index contributed by atoms with van der Waals surface area (Å²) in [6, 6.07) is 0. The zero-order chi connectivity index (χ0) is 13.1. The van der Waals surface area contributed by atoms with Crippen LogP contribution in [0.25, 0.3) is 4.96 Å². The molecule has 2 aromatic rings. The van der Waals surface area contributed by atoms with Crippen LogP contribution in [0.4, 0.5) is 0 Å². The van der Waals surface area contributed by atoms with E-state index in [-0.39, 0.29) is 17.0 Å². The molecular formula is C11H14N4O2S. The lowest BCUT2D eigenvalue weighted by atomic mass is 10.3. The summed E-state index contributed by atoms with van der Waals surface area (Å²) in [5, 5.41) is 4.46. The number of hydrogen-bond acceptors (Lipinski definition) is 5. The van der Waals surface area contributed by atoms with E-state index < -0.39 is 0 Å². The molecule has 18 heavy (non-hydrogen) atoms. The van der Waals surface area contributed by atoms with Gasteiger partial charge in [0.1, 0.15) is 5.56 Å². The second-order valence-electron chi connectivity index (χ2n) is 4.09. The van der Waals surface area contributed by atoms with Crippen LogP contribution in [0.1, 0.15) is 10.4 Å². The first-order valence-corrected chi connectivity index (χ1v) is 6.35. The molecule has 0 bridgehead atoms. The maximum absolute atomic E-state index is 12.0. The molecule has 0 radical (unpaired) electrons. The summed E-state index contributed by atoms with van der Waals surface area (Å²) >= 11 is 1.36. The van der Waals surface area contributed by atoms with E-state index in [4.69, 9.17) is 0 Å². The summed E-state index contributed by atoms with van der Waals surface area (Å²) in [5.41, 5.74) is -0.256. The first-order valence-electron chi connectivity index (χ1n) is 5.47. The van der Waals surface area contributed by atoms with Crippen LogP contribution in [0.2, 0.25) is 0 Å². The van der Waals surface area contributed by atoms with Crippen molar-refractivity contribution in [1.82, 2.24) is 19.6 Å². The van der Waals surface area contributed by atoms with Gasteiger partial charge in [0, 0.05) is 30.9 Å². The highest BCUT2D eigenvalue weighted by Gasteiger charge is 2.13. The number of carbonyl (C=O) groups is 1. The molecule has 2 aromatic heterocycles. The third-order valence-electron chi connectivity index (χ3n) is 2.43. The molecule has 0 fully saturated rings. The van der Waals surface area contributed by atoms with E-state index in [1.165, 1.54) is 21.9 Å². The number of aromatic nitrogens is 2. The second kappa shape index (κ2) is 5.28. The number of rotatable bonds is 4. The predicted octanol–water partition coefficient (Wildman–Crippen LogP) is 0.0474. The van der Waals surface area contributed by atoms with E-state index in [2.05, 4.69) is 10.3 Å². The first-order chi connectivity index (χ1) is 8.59. The summed E-state index contributed by atoms with van der Waals surface area (Å²) in [4.78, 5) is 30.4. The van der Waals surface area contributed by atoms with E-state index in [1.807, 2.05) is 19.0 Å². The second-order valence-corrected chi connectivity index (χ2v) is 4.96. The van der Waals surface area contributed by atoms with Crippen molar-refractivity contribution < 1.29 is 4.79 Å². The Bertz CT molecular complexity index is 617. The fraction of sp³-hybridized carbons (Fsp3) is 0.364. The van der Waals surface area contributed by atoms with Crippen LogP contribution in [0.5, 0.6) is 0 Å². The summed E-state index contributed by atoms with van der Waals surface area (Å²) < 4.78 is 1.38. The maximum Gasteiger partial charge on any atom is 0.271 e. The van der Waals surface area contributed by atoms with Gasteiger partial charge in [-0.25, -0.2) is 4.98 Å². The van der Waals surface area contributed by atoms with Crippen LogP contribution in [-0.4, -0.2) is 47.4 Å². The Hall–Kier alpha value is -1.73. The van der Waals surface area contributed by atoms with Gasteiger partial charge in [-0.1, -0.05) is 0 Å². The predicted molar refractivity (Wildman–Crippen MR) is 70.2 cm³/mol. The zero-order valence-electron chi connectivity index (χ0n) is 10.2. The highest BCUT2D eigenvalue weighted by atomic mass is 32.1. The Morgan fingerprint density at radius 3 is 3.06 bits per heavy atom. The Kier molecular flexibility index (Phi) is 3.73. The molecule has 96 valence electrons. The molecule has 0 aromatic carbocycles. The molecule has 0 saturated heterocycles. The molecule has 1 N–H and O–H groups in total. The number of nitrogens with one attached hydrogen (secondary N) is 1. The van der Waals surface area contributed by atoms with Crippen molar-refractivity contribution in [2.24, 2.45) is 0 Å². The van der Waals surface area contributed by atoms with Gasteiger partial charge in [0.05, 0.1) is 0 Å². The van der Waals surface area contributed by atoms with Gasteiger partial charge in [0.25, 0.3) is 11.5 Å².